The zero-order valence-electron chi connectivity index (χ0n) is 16.4. The predicted octanol–water partition coefficient (Wildman–Crippen LogP) is 2.07. The van der Waals surface area contributed by atoms with Gasteiger partial charge in [0.05, 0.1) is 6.61 Å². The first-order valence-electron chi connectivity index (χ1n) is 9.67. The number of amides is 2. The van der Waals surface area contributed by atoms with Gasteiger partial charge in [0, 0.05) is 18.7 Å². The number of ether oxygens (including phenoxy) is 2. The fourth-order valence-electron chi connectivity index (χ4n) is 2.99. The van der Waals surface area contributed by atoms with Crippen LogP contribution in [0.5, 0.6) is 11.5 Å². The molecule has 0 aliphatic carbocycles. The molecule has 1 aromatic rings. The summed E-state index contributed by atoms with van der Waals surface area (Å²) in [6.07, 6.45) is 3.44. The molecule has 1 unspecified atom stereocenters. The third-order valence-corrected chi connectivity index (χ3v) is 4.58. The van der Waals surface area contributed by atoms with Gasteiger partial charge in [0.2, 0.25) is 0 Å². The SMILES string of the molecule is CCOc1cc(C(=O)NC(CC)C(=O)O)ccc1OCC(=O)N1CCCCC1. The van der Waals surface area contributed by atoms with Crippen molar-refractivity contribution in [2.45, 2.75) is 45.6 Å². The zero-order valence-corrected chi connectivity index (χ0v) is 16.4. The molecule has 1 atom stereocenters. The molecule has 0 radical (unpaired) electrons. The Balaban J connectivity index is 2.05. The molecule has 1 saturated heterocycles. The third kappa shape index (κ3) is 5.87. The van der Waals surface area contributed by atoms with Crippen LogP contribution in [0.2, 0.25) is 0 Å². The molecule has 0 spiro atoms. The molecule has 0 aromatic heterocycles. The fraction of sp³-hybridized carbons (Fsp3) is 0.550. The Labute approximate surface area is 164 Å². The summed E-state index contributed by atoms with van der Waals surface area (Å²) in [6, 6.07) is 3.62. The van der Waals surface area contributed by atoms with Gasteiger partial charge in [-0.25, -0.2) is 4.79 Å². The number of carbonyl (C=O) groups is 3. The van der Waals surface area contributed by atoms with Crippen LogP contribution in [0.4, 0.5) is 0 Å². The van der Waals surface area contributed by atoms with Gasteiger partial charge in [0.1, 0.15) is 6.04 Å². The molecular formula is C20H28N2O6. The lowest BCUT2D eigenvalue weighted by atomic mass is 10.1. The minimum absolute atomic E-state index is 0.0730. The van der Waals surface area contributed by atoms with Gasteiger partial charge < -0.3 is 24.8 Å². The molecule has 2 amide bonds. The number of hydrogen-bond donors (Lipinski definition) is 2. The number of carboxylic acid groups (broad SMARTS) is 1. The average molecular weight is 392 g/mol. The van der Waals surface area contributed by atoms with Gasteiger partial charge in [-0.15, -0.1) is 0 Å². The fourth-order valence-corrected chi connectivity index (χ4v) is 2.99. The van der Waals surface area contributed by atoms with Crippen molar-refractivity contribution in [1.29, 1.82) is 0 Å². The minimum Gasteiger partial charge on any atom is -0.490 e. The topological polar surface area (TPSA) is 105 Å². The molecule has 28 heavy (non-hydrogen) atoms. The normalized spacial score (nSPS) is 14.9. The van der Waals surface area contributed by atoms with Crippen molar-refractivity contribution in [2.24, 2.45) is 0 Å². The van der Waals surface area contributed by atoms with Crippen LogP contribution in [0.15, 0.2) is 18.2 Å². The first-order chi connectivity index (χ1) is 13.5. The molecule has 1 aliphatic heterocycles. The second kappa shape index (κ2) is 10.5. The van der Waals surface area contributed by atoms with Crippen molar-refractivity contribution in [3.05, 3.63) is 23.8 Å². The van der Waals surface area contributed by atoms with Crippen molar-refractivity contribution in [1.82, 2.24) is 10.2 Å². The summed E-state index contributed by atoms with van der Waals surface area (Å²) < 4.78 is 11.2. The Hall–Kier alpha value is -2.77. The monoisotopic (exact) mass is 392 g/mol. The molecule has 1 aromatic carbocycles. The van der Waals surface area contributed by atoms with Crippen LogP contribution in [0, 0.1) is 0 Å². The van der Waals surface area contributed by atoms with E-state index in [0.29, 0.717) is 18.1 Å². The van der Waals surface area contributed by atoms with Gasteiger partial charge in [-0.3, -0.25) is 9.59 Å². The summed E-state index contributed by atoms with van der Waals surface area (Å²) in [5, 5.41) is 11.6. The summed E-state index contributed by atoms with van der Waals surface area (Å²) in [6.45, 7) is 5.24. The van der Waals surface area contributed by atoms with E-state index in [0.717, 1.165) is 32.4 Å². The lowest BCUT2D eigenvalue weighted by Gasteiger charge is -2.26. The second-order valence-corrected chi connectivity index (χ2v) is 6.60. The number of aliphatic carboxylic acids is 1. The number of hydrogen-bond acceptors (Lipinski definition) is 5. The predicted molar refractivity (Wildman–Crippen MR) is 103 cm³/mol. The highest BCUT2D eigenvalue weighted by Crippen LogP contribution is 2.29. The average Bonchev–Trinajstić information content (AvgIpc) is 2.71. The minimum atomic E-state index is -1.09. The number of rotatable bonds is 9. The van der Waals surface area contributed by atoms with E-state index < -0.39 is 17.9 Å². The summed E-state index contributed by atoms with van der Waals surface area (Å²) in [7, 11) is 0. The maximum Gasteiger partial charge on any atom is 0.326 e. The molecule has 154 valence electrons. The summed E-state index contributed by atoms with van der Waals surface area (Å²) in [5.74, 6) is -0.960. The number of benzene rings is 1. The summed E-state index contributed by atoms with van der Waals surface area (Å²) in [4.78, 5) is 37.5. The summed E-state index contributed by atoms with van der Waals surface area (Å²) in [5.41, 5.74) is 0.262. The van der Waals surface area contributed by atoms with E-state index in [1.165, 1.54) is 12.1 Å². The number of carboxylic acids is 1. The van der Waals surface area contributed by atoms with Crippen molar-refractivity contribution in [3.63, 3.8) is 0 Å². The maximum atomic E-state index is 12.3. The van der Waals surface area contributed by atoms with E-state index in [1.54, 1.807) is 24.8 Å². The lowest BCUT2D eigenvalue weighted by Crippen LogP contribution is -2.40. The van der Waals surface area contributed by atoms with Crippen LogP contribution in [0.1, 0.15) is 49.9 Å². The highest BCUT2D eigenvalue weighted by Gasteiger charge is 2.21. The number of nitrogens with one attached hydrogen (secondary N) is 1. The number of carbonyl (C=O) groups excluding carboxylic acids is 2. The van der Waals surface area contributed by atoms with Crippen LogP contribution >= 0.6 is 0 Å². The molecule has 2 rings (SSSR count). The molecule has 1 heterocycles. The van der Waals surface area contributed by atoms with Gasteiger partial charge >= 0.3 is 5.97 Å². The highest BCUT2D eigenvalue weighted by molar-refractivity contribution is 5.97. The molecule has 8 heteroatoms. The Bertz CT molecular complexity index is 700. The highest BCUT2D eigenvalue weighted by atomic mass is 16.5. The molecular weight excluding hydrogens is 364 g/mol. The smallest absolute Gasteiger partial charge is 0.326 e. The molecule has 1 fully saturated rings. The largest absolute Gasteiger partial charge is 0.490 e. The first-order valence-corrected chi connectivity index (χ1v) is 9.67. The van der Waals surface area contributed by atoms with Crippen LogP contribution in [0.25, 0.3) is 0 Å². The van der Waals surface area contributed by atoms with Crippen LogP contribution in [-0.2, 0) is 9.59 Å². The van der Waals surface area contributed by atoms with Crippen molar-refractivity contribution in [2.75, 3.05) is 26.3 Å². The van der Waals surface area contributed by atoms with E-state index in [4.69, 9.17) is 14.6 Å². The van der Waals surface area contributed by atoms with Crippen LogP contribution in [-0.4, -0.2) is 60.1 Å². The number of nitrogens with zero attached hydrogens (tertiary/aromatic N) is 1. The lowest BCUT2D eigenvalue weighted by molar-refractivity contribution is -0.139. The van der Waals surface area contributed by atoms with Crippen molar-refractivity contribution in [3.8, 4) is 11.5 Å². The summed E-state index contributed by atoms with van der Waals surface area (Å²) >= 11 is 0. The van der Waals surface area contributed by atoms with Crippen molar-refractivity contribution >= 4 is 17.8 Å². The first kappa shape index (κ1) is 21.5. The maximum absolute atomic E-state index is 12.3. The van der Waals surface area contributed by atoms with Gasteiger partial charge in [-0.2, -0.15) is 0 Å². The Morgan fingerprint density at radius 3 is 2.43 bits per heavy atom. The Kier molecular flexibility index (Phi) is 8.10. The van der Waals surface area contributed by atoms with Crippen LogP contribution < -0.4 is 14.8 Å². The Morgan fingerprint density at radius 1 is 1.11 bits per heavy atom. The van der Waals surface area contributed by atoms with E-state index in [-0.39, 0.29) is 24.5 Å². The second-order valence-electron chi connectivity index (χ2n) is 6.60. The quantitative estimate of drug-likeness (QED) is 0.667. The van der Waals surface area contributed by atoms with Gasteiger partial charge in [-0.1, -0.05) is 6.92 Å². The molecule has 0 bridgehead atoms. The van der Waals surface area contributed by atoms with E-state index in [1.807, 2.05) is 0 Å². The standard InChI is InChI=1S/C20H28N2O6/c1-3-15(20(25)26)21-19(24)14-8-9-16(17(12-14)27-4-2)28-13-18(23)22-10-6-5-7-11-22/h8-9,12,15H,3-7,10-11,13H2,1-2H3,(H,21,24)(H,25,26). The van der Waals surface area contributed by atoms with E-state index in [2.05, 4.69) is 5.32 Å². The Morgan fingerprint density at radius 2 is 1.82 bits per heavy atom. The molecule has 2 N–H and O–H groups in total. The van der Waals surface area contributed by atoms with Gasteiger partial charge in [0.25, 0.3) is 11.8 Å². The van der Waals surface area contributed by atoms with Gasteiger partial charge in [0.15, 0.2) is 18.1 Å². The third-order valence-electron chi connectivity index (χ3n) is 4.58. The van der Waals surface area contributed by atoms with Crippen LogP contribution in [0.3, 0.4) is 0 Å². The van der Waals surface area contributed by atoms with Gasteiger partial charge in [-0.05, 0) is 50.8 Å². The zero-order chi connectivity index (χ0) is 20.5. The number of piperidine rings is 1. The number of likely N-dealkylation sites (tertiary alicyclic amines) is 1. The molecule has 0 saturated carbocycles. The molecule has 8 nitrogen and oxygen atoms in total. The molecule has 1 aliphatic rings. The van der Waals surface area contributed by atoms with E-state index >= 15 is 0 Å². The van der Waals surface area contributed by atoms with E-state index in [9.17, 15) is 14.4 Å². The van der Waals surface area contributed by atoms with Crippen molar-refractivity contribution < 1.29 is 29.0 Å².